The molecule has 0 bridgehead atoms. The minimum Gasteiger partial charge on any atom is -0.481 e. The van der Waals surface area contributed by atoms with Crippen molar-refractivity contribution < 1.29 is 33.8 Å². The molecule has 0 spiro atoms. The van der Waals surface area contributed by atoms with Gasteiger partial charge in [-0.2, -0.15) is 0 Å². The van der Waals surface area contributed by atoms with Crippen LogP contribution in [0, 0.1) is 5.41 Å². The monoisotopic (exact) mass is 418 g/mol. The molecule has 0 aromatic rings. The van der Waals surface area contributed by atoms with Crippen LogP contribution in [0.25, 0.3) is 0 Å². The summed E-state index contributed by atoms with van der Waals surface area (Å²) in [5, 5.41) is 13.7. The molecule has 2 amide bonds. The lowest BCUT2D eigenvalue weighted by Gasteiger charge is -2.44. The highest BCUT2D eigenvalue weighted by atomic mass is 32.2. The van der Waals surface area contributed by atoms with Gasteiger partial charge in [0.25, 0.3) is 0 Å². The minimum absolute atomic E-state index is 0.0264. The first-order valence-corrected chi connectivity index (χ1v) is 10.1. The molecular formula is C18H30N2O7S. The predicted octanol–water partition coefficient (Wildman–Crippen LogP) is 0.911. The summed E-state index contributed by atoms with van der Waals surface area (Å²) >= 11 is 0.992. The summed E-state index contributed by atoms with van der Waals surface area (Å²) < 4.78 is 11.3. The van der Waals surface area contributed by atoms with Gasteiger partial charge in [0.2, 0.25) is 11.8 Å². The van der Waals surface area contributed by atoms with Crippen LogP contribution in [0.2, 0.25) is 0 Å². The molecular weight excluding hydrogens is 388 g/mol. The third-order valence-electron chi connectivity index (χ3n) is 4.02. The average Bonchev–Trinajstić information content (AvgIpc) is 2.59. The zero-order valence-electron chi connectivity index (χ0n) is 16.8. The second kappa shape index (κ2) is 10.8. The highest BCUT2D eigenvalue weighted by Gasteiger charge is 2.45. The van der Waals surface area contributed by atoms with Gasteiger partial charge >= 0.3 is 5.97 Å². The van der Waals surface area contributed by atoms with E-state index in [4.69, 9.17) is 14.6 Å². The van der Waals surface area contributed by atoms with Crippen molar-refractivity contribution in [2.45, 2.75) is 58.8 Å². The Labute approximate surface area is 169 Å². The van der Waals surface area contributed by atoms with Gasteiger partial charge in [-0.15, -0.1) is 0 Å². The topological polar surface area (TPSA) is 131 Å². The van der Waals surface area contributed by atoms with Gasteiger partial charge in [0, 0.05) is 37.1 Å². The van der Waals surface area contributed by atoms with Gasteiger partial charge in [-0.25, -0.2) is 0 Å². The van der Waals surface area contributed by atoms with Crippen molar-refractivity contribution >= 4 is 34.7 Å². The lowest BCUT2D eigenvalue weighted by molar-refractivity contribution is -0.304. The van der Waals surface area contributed by atoms with Crippen LogP contribution in [-0.2, 0) is 28.7 Å². The molecule has 1 saturated heterocycles. The maximum Gasteiger partial charge on any atom is 0.303 e. The van der Waals surface area contributed by atoms with E-state index in [9.17, 15) is 19.2 Å². The Morgan fingerprint density at radius 3 is 2.36 bits per heavy atom. The maximum atomic E-state index is 12.4. The first-order chi connectivity index (χ1) is 12.9. The van der Waals surface area contributed by atoms with Crippen molar-refractivity contribution in [2.24, 2.45) is 5.41 Å². The molecule has 0 saturated carbocycles. The molecule has 0 aliphatic carbocycles. The van der Waals surface area contributed by atoms with Gasteiger partial charge in [0.05, 0.1) is 13.0 Å². The van der Waals surface area contributed by atoms with E-state index < -0.39 is 23.3 Å². The molecule has 28 heavy (non-hydrogen) atoms. The summed E-state index contributed by atoms with van der Waals surface area (Å²) in [7, 11) is 0. The average molecular weight is 419 g/mol. The van der Waals surface area contributed by atoms with Crippen LogP contribution in [0.4, 0.5) is 0 Å². The van der Waals surface area contributed by atoms with Crippen LogP contribution in [-0.4, -0.2) is 65.3 Å². The van der Waals surface area contributed by atoms with E-state index in [2.05, 4.69) is 10.6 Å². The normalized spacial score (nSPS) is 20.2. The molecule has 10 heteroatoms. The van der Waals surface area contributed by atoms with E-state index in [1.54, 1.807) is 13.8 Å². The van der Waals surface area contributed by atoms with Crippen molar-refractivity contribution in [1.29, 1.82) is 0 Å². The summed E-state index contributed by atoms with van der Waals surface area (Å²) in [6, 6.07) is 0. The number of carbonyl (C=O) groups excluding carboxylic acids is 3. The molecule has 3 N–H and O–H groups in total. The smallest absolute Gasteiger partial charge is 0.303 e. The molecule has 0 aromatic heterocycles. The lowest BCUT2D eigenvalue weighted by atomic mass is 9.85. The molecule has 1 aliphatic rings. The van der Waals surface area contributed by atoms with Crippen molar-refractivity contribution in [1.82, 2.24) is 10.6 Å². The summed E-state index contributed by atoms with van der Waals surface area (Å²) in [6.45, 7) is 8.12. The molecule has 0 radical (unpaired) electrons. The molecule has 1 atom stereocenters. The fourth-order valence-electron chi connectivity index (χ4n) is 2.44. The van der Waals surface area contributed by atoms with Crippen molar-refractivity contribution in [3.05, 3.63) is 0 Å². The molecule has 1 heterocycles. The van der Waals surface area contributed by atoms with Crippen molar-refractivity contribution in [2.75, 3.05) is 25.4 Å². The standard InChI is InChI=1S/C18H30N2O7S/c1-17(2)11-26-18(3,4)27-15(17)16(25)20-8-7-12(21)19-9-10-28-14(24)6-5-13(22)23/h15H,5-11H2,1-4H3,(H,19,21)(H,20,25)(H,22,23)/t15-/m0/s1. The lowest BCUT2D eigenvalue weighted by Crippen LogP contribution is -2.56. The van der Waals surface area contributed by atoms with Crippen LogP contribution in [0.3, 0.4) is 0 Å². The molecule has 1 fully saturated rings. The Balaban J connectivity index is 2.22. The largest absolute Gasteiger partial charge is 0.481 e. The third-order valence-corrected chi connectivity index (χ3v) is 4.96. The van der Waals surface area contributed by atoms with Gasteiger partial charge in [-0.3, -0.25) is 19.2 Å². The SMILES string of the molecule is CC1(C)OCC(C)(C)[C@H](C(=O)NCCC(=O)NCCSC(=O)CCC(=O)O)O1. The number of hydrogen-bond donors (Lipinski definition) is 3. The fourth-order valence-corrected chi connectivity index (χ4v) is 3.12. The number of ether oxygens (including phenoxy) is 2. The van der Waals surface area contributed by atoms with E-state index in [0.717, 1.165) is 11.8 Å². The number of thioether (sulfide) groups is 1. The summed E-state index contributed by atoms with van der Waals surface area (Å²) in [6.07, 6.45) is -0.784. The Kier molecular flexibility index (Phi) is 9.38. The van der Waals surface area contributed by atoms with Crippen LogP contribution in [0.15, 0.2) is 0 Å². The zero-order valence-corrected chi connectivity index (χ0v) is 17.6. The summed E-state index contributed by atoms with van der Waals surface area (Å²) in [5.74, 6) is -2.01. The highest BCUT2D eigenvalue weighted by Crippen LogP contribution is 2.34. The number of rotatable bonds is 10. The van der Waals surface area contributed by atoms with Gasteiger partial charge in [-0.1, -0.05) is 25.6 Å². The second-order valence-corrected chi connectivity index (χ2v) is 8.83. The summed E-state index contributed by atoms with van der Waals surface area (Å²) in [4.78, 5) is 46.0. The van der Waals surface area contributed by atoms with E-state index in [0.29, 0.717) is 18.9 Å². The number of aliphatic carboxylic acids is 1. The van der Waals surface area contributed by atoms with E-state index in [-0.39, 0.29) is 42.7 Å². The van der Waals surface area contributed by atoms with Crippen LogP contribution >= 0.6 is 11.8 Å². The Morgan fingerprint density at radius 2 is 1.71 bits per heavy atom. The first kappa shape index (κ1) is 24.4. The van der Waals surface area contributed by atoms with Gasteiger partial charge in [-0.05, 0) is 13.8 Å². The molecule has 1 aliphatic heterocycles. The maximum absolute atomic E-state index is 12.4. The first-order valence-electron chi connectivity index (χ1n) is 9.16. The molecule has 160 valence electrons. The number of nitrogens with one attached hydrogen (secondary N) is 2. The van der Waals surface area contributed by atoms with Crippen molar-refractivity contribution in [3.8, 4) is 0 Å². The molecule has 1 rings (SSSR count). The summed E-state index contributed by atoms with van der Waals surface area (Å²) in [5.41, 5.74) is -0.480. The zero-order chi connectivity index (χ0) is 21.4. The highest BCUT2D eigenvalue weighted by molar-refractivity contribution is 8.13. The van der Waals surface area contributed by atoms with E-state index >= 15 is 0 Å². The molecule has 9 nitrogen and oxygen atoms in total. The fraction of sp³-hybridized carbons (Fsp3) is 0.778. The third kappa shape index (κ3) is 9.03. The molecule has 0 unspecified atom stereocenters. The Morgan fingerprint density at radius 1 is 1.04 bits per heavy atom. The Bertz CT molecular complexity index is 592. The van der Waals surface area contributed by atoms with Crippen LogP contribution < -0.4 is 10.6 Å². The van der Waals surface area contributed by atoms with E-state index in [1.165, 1.54) is 0 Å². The van der Waals surface area contributed by atoms with Crippen molar-refractivity contribution in [3.63, 3.8) is 0 Å². The van der Waals surface area contributed by atoms with Gasteiger partial charge < -0.3 is 25.2 Å². The van der Waals surface area contributed by atoms with E-state index in [1.807, 2.05) is 13.8 Å². The van der Waals surface area contributed by atoms with Crippen LogP contribution in [0.1, 0.15) is 47.0 Å². The Hall–Kier alpha value is -1.65. The number of hydrogen-bond acceptors (Lipinski definition) is 7. The predicted molar refractivity (Wildman–Crippen MR) is 104 cm³/mol. The number of amides is 2. The van der Waals surface area contributed by atoms with Gasteiger partial charge in [0.1, 0.15) is 6.10 Å². The molecule has 0 aromatic carbocycles. The quantitative estimate of drug-likeness (QED) is 0.446. The second-order valence-electron chi connectivity index (χ2n) is 7.68. The minimum atomic E-state index is -1.01. The van der Waals surface area contributed by atoms with Gasteiger partial charge in [0.15, 0.2) is 10.9 Å². The number of carboxylic acids is 1. The number of carbonyl (C=O) groups is 4. The number of carboxylic acid groups (broad SMARTS) is 1. The van der Waals surface area contributed by atoms with Crippen LogP contribution in [0.5, 0.6) is 0 Å².